The number of anilines is 1. The van der Waals surface area contributed by atoms with Crippen LogP contribution in [0.25, 0.3) is 4.91 Å². The van der Waals surface area contributed by atoms with Gasteiger partial charge in [-0.25, -0.2) is 9.78 Å². The number of nitrogens with two attached hydrogens (primary N) is 1. The van der Waals surface area contributed by atoms with Crippen molar-refractivity contribution in [3.63, 3.8) is 0 Å². The molecule has 34 heavy (non-hydrogen) atoms. The summed E-state index contributed by atoms with van der Waals surface area (Å²) >= 11 is 6.76. The summed E-state index contributed by atoms with van der Waals surface area (Å²) in [6.45, 7) is 1.64. The van der Waals surface area contributed by atoms with Crippen LogP contribution in [0, 0.1) is 6.92 Å². The molecule has 0 spiro atoms. The number of hydrogen-bond acceptors (Lipinski definition) is 13. The van der Waals surface area contributed by atoms with Crippen LogP contribution in [0.1, 0.15) is 15.7 Å². The van der Waals surface area contributed by atoms with Crippen LogP contribution in [0.4, 0.5) is 5.13 Å². The lowest BCUT2D eigenvalue weighted by atomic mass is 9.98. The summed E-state index contributed by atoms with van der Waals surface area (Å²) in [5.74, 6) is -2.75. The number of oxime groups is 1. The molecule has 2 aromatic rings. The smallest absolute Gasteiger partial charge is 0.353 e. The molecule has 2 atom stereocenters. The van der Waals surface area contributed by atoms with Gasteiger partial charge >= 0.3 is 5.97 Å². The molecule has 0 aromatic carbocycles. The van der Waals surface area contributed by atoms with E-state index in [1.54, 1.807) is 6.92 Å². The molecule has 13 nitrogen and oxygen atoms in total. The van der Waals surface area contributed by atoms with E-state index in [-0.39, 0.29) is 34.4 Å². The summed E-state index contributed by atoms with van der Waals surface area (Å²) < 4.78 is 5.70. The van der Waals surface area contributed by atoms with Crippen LogP contribution in [0.15, 0.2) is 27.9 Å². The highest BCUT2D eigenvalue weighted by atomic mass is 32.1. The number of nitrogen functional groups attached to an aromatic ring is 1. The van der Waals surface area contributed by atoms with Crippen molar-refractivity contribution < 1.29 is 29.1 Å². The second-order valence-electron chi connectivity index (χ2n) is 6.89. The van der Waals surface area contributed by atoms with E-state index >= 15 is 0 Å². The van der Waals surface area contributed by atoms with E-state index in [9.17, 15) is 19.5 Å². The highest BCUT2D eigenvalue weighted by Gasteiger charge is 2.55. The second-order valence-corrected chi connectivity index (χ2v) is 9.44. The Hall–Kier alpha value is -3.34. The number of aliphatic carboxylic acids is 1. The predicted octanol–water partition coefficient (Wildman–Crippen LogP) is 0.229. The fourth-order valence-electron chi connectivity index (χ4n) is 3.28. The van der Waals surface area contributed by atoms with Gasteiger partial charge in [0.2, 0.25) is 0 Å². The molecule has 178 valence electrons. The number of β-lactam (4-membered cyclic amide) rings is 1. The van der Waals surface area contributed by atoms with Crippen LogP contribution in [-0.2, 0) is 24.0 Å². The SMILES string of the molecule is CON=C(C(=O)NC1C(=O)N2C(C(=O)O)=C(C=C(S)c3nnc(C)s3)COC12)c1csc(N)n1. The first-order valence-electron chi connectivity index (χ1n) is 9.47. The van der Waals surface area contributed by atoms with Crippen LogP contribution < -0.4 is 11.1 Å². The summed E-state index contributed by atoms with van der Waals surface area (Å²) in [5.41, 5.74) is 5.54. The summed E-state index contributed by atoms with van der Waals surface area (Å²) in [6.07, 6.45) is 0.453. The third-order valence-corrected chi connectivity index (χ3v) is 6.74. The van der Waals surface area contributed by atoms with Crippen molar-refractivity contribution in [1.29, 1.82) is 0 Å². The van der Waals surface area contributed by atoms with Gasteiger partial charge in [0.05, 0.1) is 6.61 Å². The molecule has 0 saturated carbocycles. The maximum Gasteiger partial charge on any atom is 0.353 e. The number of carboxylic acid groups (broad SMARTS) is 1. The van der Waals surface area contributed by atoms with E-state index < -0.39 is 30.1 Å². The Kier molecular flexibility index (Phi) is 6.65. The minimum atomic E-state index is -1.33. The molecule has 0 aliphatic carbocycles. The van der Waals surface area contributed by atoms with Gasteiger partial charge in [-0.1, -0.05) is 16.5 Å². The number of ether oxygens (including phenoxy) is 1. The maximum absolute atomic E-state index is 12.8. The van der Waals surface area contributed by atoms with Crippen molar-refractivity contribution in [3.8, 4) is 0 Å². The molecular formula is C18H17N7O6S3. The Balaban J connectivity index is 1.56. The molecule has 4 heterocycles. The minimum Gasteiger partial charge on any atom is -0.477 e. The number of carboxylic acids is 1. The quantitative estimate of drug-likeness (QED) is 0.170. The Morgan fingerprint density at radius 3 is 2.82 bits per heavy atom. The fourth-order valence-corrected chi connectivity index (χ4v) is 4.77. The largest absolute Gasteiger partial charge is 0.477 e. The van der Waals surface area contributed by atoms with Gasteiger partial charge in [0.1, 0.15) is 23.5 Å². The number of nitrogens with zero attached hydrogens (tertiary/aromatic N) is 5. The summed E-state index contributed by atoms with van der Waals surface area (Å²) in [6, 6.07) is -1.13. The highest BCUT2D eigenvalue weighted by molar-refractivity contribution is 7.90. The number of fused-ring (bicyclic) bond motifs is 1. The normalized spacial score (nSPS) is 20.7. The molecule has 2 aromatic heterocycles. The second kappa shape index (κ2) is 9.49. The Bertz CT molecular complexity index is 1270. The van der Waals surface area contributed by atoms with Crippen molar-refractivity contribution in [2.24, 2.45) is 5.16 Å². The van der Waals surface area contributed by atoms with E-state index in [0.29, 0.717) is 9.91 Å². The predicted molar refractivity (Wildman–Crippen MR) is 125 cm³/mol. The van der Waals surface area contributed by atoms with Crippen LogP contribution in [0.2, 0.25) is 0 Å². The first kappa shape index (κ1) is 23.8. The molecule has 4 rings (SSSR count). The van der Waals surface area contributed by atoms with Gasteiger partial charge < -0.3 is 25.7 Å². The standard InChI is InChI=1S/C18H17N7O6S3/c1-6-22-23-14(34-6)9(32)3-7-4-31-16-11(15(27)25(16)12(7)17(28)29)21-13(26)10(24-30-2)8-5-33-18(19)20-8/h3,5,11,16,32H,4H2,1-2H3,(H2,19,20)(H,21,26)(H,28,29). The molecule has 2 amide bonds. The van der Waals surface area contributed by atoms with Gasteiger partial charge in [0.25, 0.3) is 11.8 Å². The zero-order valence-electron chi connectivity index (χ0n) is 17.6. The molecule has 2 aliphatic heterocycles. The summed E-state index contributed by atoms with van der Waals surface area (Å²) in [5, 5.41) is 26.8. The highest BCUT2D eigenvalue weighted by Crippen LogP contribution is 2.35. The Morgan fingerprint density at radius 1 is 1.47 bits per heavy atom. The molecule has 2 unspecified atom stereocenters. The number of rotatable bonds is 7. The third kappa shape index (κ3) is 4.39. The van der Waals surface area contributed by atoms with Gasteiger partial charge in [0, 0.05) is 15.9 Å². The van der Waals surface area contributed by atoms with Crippen molar-refractivity contribution in [2.45, 2.75) is 19.2 Å². The molecule has 1 fully saturated rings. The van der Waals surface area contributed by atoms with Crippen molar-refractivity contribution in [1.82, 2.24) is 25.4 Å². The van der Waals surface area contributed by atoms with Gasteiger partial charge in [-0.05, 0) is 13.0 Å². The van der Waals surface area contributed by atoms with E-state index in [0.717, 1.165) is 21.2 Å². The number of thiol groups is 1. The number of carbonyl (C=O) groups excluding carboxylic acids is 2. The van der Waals surface area contributed by atoms with Crippen LogP contribution in [0.3, 0.4) is 0 Å². The average Bonchev–Trinajstić information content (AvgIpc) is 3.43. The van der Waals surface area contributed by atoms with Crippen LogP contribution in [-0.4, -0.2) is 74.7 Å². The molecule has 4 N–H and O–H groups in total. The first-order chi connectivity index (χ1) is 16.2. The monoisotopic (exact) mass is 523 g/mol. The van der Waals surface area contributed by atoms with Crippen LogP contribution in [0.5, 0.6) is 0 Å². The first-order valence-corrected chi connectivity index (χ1v) is 11.6. The molecule has 0 bridgehead atoms. The van der Waals surface area contributed by atoms with Crippen molar-refractivity contribution in [3.05, 3.63) is 38.4 Å². The van der Waals surface area contributed by atoms with E-state index in [4.69, 9.17) is 15.3 Å². The molecule has 2 aliphatic rings. The van der Waals surface area contributed by atoms with E-state index in [1.807, 2.05) is 0 Å². The van der Waals surface area contributed by atoms with Crippen molar-refractivity contribution >= 4 is 68.8 Å². The Morgan fingerprint density at radius 2 is 2.24 bits per heavy atom. The number of nitrogens with one attached hydrogen (secondary N) is 1. The molecule has 16 heteroatoms. The third-order valence-electron chi connectivity index (χ3n) is 4.71. The molecule has 1 saturated heterocycles. The van der Waals surface area contributed by atoms with E-state index in [2.05, 4.69) is 38.3 Å². The Labute approximate surface area is 205 Å². The lowest BCUT2D eigenvalue weighted by Crippen LogP contribution is -2.73. The number of aryl methyl sites for hydroxylation is 1. The van der Waals surface area contributed by atoms with Crippen LogP contribution >= 0.6 is 35.3 Å². The number of amides is 2. The molecular weight excluding hydrogens is 506 g/mol. The zero-order chi connectivity index (χ0) is 24.6. The lowest BCUT2D eigenvalue weighted by molar-refractivity contribution is -0.184. The summed E-state index contributed by atoms with van der Waals surface area (Å²) in [7, 11) is 1.25. The van der Waals surface area contributed by atoms with E-state index in [1.165, 1.54) is 29.9 Å². The summed E-state index contributed by atoms with van der Waals surface area (Å²) in [4.78, 5) is 47.7. The van der Waals surface area contributed by atoms with Gasteiger partial charge in [-0.15, -0.1) is 34.2 Å². The number of aromatic nitrogens is 3. The zero-order valence-corrected chi connectivity index (χ0v) is 20.1. The maximum atomic E-state index is 12.8. The topological polar surface area (TPSA) is 182 Å². The number of carbonyl (C=O) groups is 3. The van der Waals surface area contributed by atoms with Gasteiger partial charge in [0.15, 0.2) is 28.1 Å². The fraction of sp³-hybridized carbons (Fsp3) is 0.278. The minimum absolute atomic E-state index is 0.133. The van der Waals surface area contributed by atoms with Crippen molar-refractivity contribution in [2.75, 3.05) is 19.5 Å². The number of hydrogen-bond donors (Lipinski definition) is 4. The van der Waals surface area contributed by atoms with Gasteiger partial charge in [-0.3, -0.25) is 14.5 Å². The van der Waals surface area contributed by atoms with Gasteiger partial charge in [-0.2, -0.15) is 0 Å². The lowest BCUT2D eigenvalue weighted by Gasteiger charge is -2.49. The molecule has 0 radical (unpaired) electrons. The number of thiazole rings is 1. The average molecular weight is 524 g/mol.